The van der Waals surface area contributed by atoms with Gasteiger partial charge in [-0.25, -0.2) is 4.98 Å². The van der Waals surface area contributed by atoms with Crippen molar-refractivity contribution < 1.29 is 9.53 Å². The van der Waals surface area contributed by atoms with Crippen LogP contribution >= 0.6 is 0 Å². The van der Waals surface area contributed by atoms with Crippen molar-refractivity contribution in [3.8, 4) is 0 Å². The second-order valence-corrected chi connectivity index (χ2v) is 7.27. The highest BCUT2D eigenvalue weighted by molar-refractivity contribution is 5.77. The normalized spacial score (nSPS) is 16.8. The number of para-hydroxylation sites is 2. The number of H-pyrrole nitrogens is 1. The number of likely N-dealkylation sites (tertiary alicyclic amines) is 1. The third kappa shape index (κ3) is 4.86. The summed E-state index contributed by atoms with van der Waals surface area (Å²) in [6.07, 6.45) is 4.20. The van der Waals surface area contributed by atoms with E-state index in [0.29, 0.717) is 30.8 Å². The molecule has 2 aromatic heterocycles. The maximum absolute atomic E-state index is 12.7. The molecular weight excluding hydrogens is 368 g/mol. The summed E-state index contributed by atoms with van der Waals surface area (Å²) in [5.74, 6) is 0.0329. The maximum Gasteiger partial charge on any atom is 0.270 e. The Balaban J connectivity index is 1.32. The molecule has 7 heteroatoms. The van der Waals surface area contributed by atoms with Crippen LogP contribution in [-0.4, -0.2) is 45.0 Å². The summed E-state index contributed by atoms with van der Waals surface area (Å²) < 4.78 is 5.96. The molecule has 4 rings (SSSR count). The highest BCUT2D eigenvalue weighted by Crippen LogP contribution is 2.16. The molecule has 0 spiro atoms. The van der Waals surface area contributed by atoms with Gasteiger partial charge in [-0.1, -0.05) is 18.2 Å². The molecule has 1 aromatic carbocycles. The molecular formula is C22H24N4O3. The van der Waals surface area contributed by atoms with E-state index >= 15 is 0 Å². The molecule has 150 valence electrons. The Morgan fingerprint density at radius 2 is 2.07 bits per heavy atom. The predicted molar refractivity (Wildman–Crippen MR) is 109 cm³/mol. The number of ether oxygens (including phenoxy) is 1. The molecule has 1 N–H and O–H groups in total. The first-order valence-electron chi connectivity index (χ1n) is 9.96. The third-order valence-corrected chi connectivity index (χ3v) is 5.17. The number of amides is 1. The van der Waals surface area contributed by atoms with E-state index in [1.165, 1.54) is 0 Å². The Morgan fingerprint density at radius 1 is 1.21 bits per heavy atom. The van der Waals surface area contributed by atoms with Crippen molar-refractivity contribution in [3.05, 3.63) is 70.4 Å². The fraction of sp³-hybridized carbons (Fsp3) is 0.364. The van der Waals surface area contributed by atoms with Gasteiger partial charge in [0, 0.05) is 32.1 Å². The van der Waals surface area contributed by atoms with E-state index in [-0.39, 0.29) is 24.0 Å². The van der Waals surface area contributed by atoms with Crippen molar-refractivity contribution in [1.82, 2.24) is 19.9 Å². The standard InChI is InChI=1S/C22H24N4O3/c27-21(11-10-20-22(28)25-19-9-2-1-8-18(19)24-20)26-13-5-7-17(14-26)29-15-16-6-3-4-12-23-16/h1-4,6,8-9,12,17H,5,7,10-11,13-15H2,(H,25,28). The second-order valence-electron chi connectivity index (χ2n) is 7.27. The lowest BCUT2D eigenvalue weighted by atomic mass is 10.1. The summed E-state index contributed by atoms with van der Waals surface area (Å²) in [5, 5.41) is 0. The van der Waals surface area contributed by atoms with Gasteiger partial charge in [-0.3, -0.25) is 14.6 Å². The number of hydrogen-bond donors (Lipinski definition) is 1. The Kier molecular flexibility index (Phi) is 5.95. The number of hydrogen-bond acceptors (Lipinski definition) is 5. The fourth-order valence-electron chi connectivity index (χ4n) is 3.61. The zero-order valence-corrected chi connectivity index (χ0v) is 16.2. The minimum absolute atomic E-state index is 0.0110. The number of aromatic amines is 1. The Labute approximate surface area is 168 Å². The molecule has 29 heavy (non-hydrogen) atoms. The van der Waals surface area contributed by atoms with Crippen LogP contribution in [0, 0.1) is 0 Å². The lowest BCUT2D eigenvalue weighted by Gasteiger charge is -2.32. The van der Waals surface area contributed by atoms with E-state index < -0.39 is 0 Å². The molecule has 0 aliphatic carbocycles. The first kappa shape index (κ1) is 19.3. The van der Waals surface area contributed by atoms with Crippen molar-refractivity contribution >= 4 is 16.9 Å². The Hall–Kier alpha value is -3.06. The van der Waals surface area contributed by atoms with Gasteiger partial charge in [0.1, 0.15) is 5.69 Å². The van der Waals surface area contributed by atoms with Crippen LogP contribution in [0.15, 0.2) is 53.5 Å². The summed E-state index contributed by atoms with van der Waals surface area (Å²) in [6, 6.07) is 13.1. The molecule has 0 radical (unpaired) electrons. The van der Waals surface area contributed by atoms with E-state index in [1.807, 2.05) is 47.4 Å². The van der Waals surface area contributed by atoms with E-state index in [4.69, 9.17) is 4.74 Å². The lowest BCUT2D eigenvalue weighted by Crippen LogP contribution is -2.43. The minimum atomic E-state index is -0.230. The maximum atomic E-state index is 12.7. The number of rotatable bonds is 6. The van der Waals surface area contributed by atoms with Gasteiger partial charge in [0.2, 0.25) is 5.91 Å². The zero-order valence-electron chi connectivity index (χ0n) is 16.2. The molecule has 1 atom stereocenters. The van der Waals surface area contributed by atoms with Gasteiger partial charge in [-0.2, -0.15) is 0 Å². The van der Waals surface area contributed by atoms with Gasteiger partial charge in [-0.15, -0.1) is 0 Å². The molecule has 0 bridgehead atoms. The van der Waals surface area contributed by atoms with E-state index in [1.54, 1.807) is 6.20 Å². The smallest absolute Gasteiger partial charge is 0.270 e. The molecule has 7 nitrogen and oxygen atoms in total. The average molecular weight is 392 g/mol. The van der Waals surface area contributed by atoms with E-state index in [9.17, 15) is 9.59 Å². The molecule has 0 saturated carbocycles. The van der Waals surface area contributed by atoms with Gasteiger partial charge >= 0.3 is 0 Å². The number of piperidine rings is 1. The fourth-order valence-corrected chi connectivity index (χ4v) is 3.61. The summed E-state index contributed by atoms with van der Waals surface area (Å²) in [7, 11) is 0. The summed E-state index contributed by atoms with van der Waals surface area (Å²) in [6.45, 7) is 1.75. The SMILES string of the molecule is O=C(CCc1nc2ccccc2[nH]c1=O)N1CCCC(OCc2ccccn2)C1. The predicted octanol–water partition coefficient (Wildman–Crippen LogP) is 2.46. The van der Waals surface area contributed by atoms with Crippen LogP contribution in [0.4, 0.5) is 0 Å². The number of benzene rings is 1. The summed E-state index contributed by atoms with van der Waals surface area (Å²) >= 11 is 0. The van der Waals surface area contributed by atoms with Crippen LogP contribution in [0.5, 0.6) is 0 Å². The highest BCUT2D eigenvalue weighted by Gasteiger charge is 2.24. The zero-order chi connectivity index (χ0) is 20.1. The van der Waals surface area contributed by atoms with Gasteiger partial charge < -0.3 is 14.6 Å². The van der Waals surface area contributed by atoms with Crippen LogP contribution < -0.4 is 5.56 Å². The largest absolute Gasteiger partial charge is 0.370 e. The Bertz CT molecular complexity index is 1030. The molecule has 3 aromatic rings. The van der Waals surface area contributed by atoms with Crippen LogP contribution in [0.25, 0.3) is 11.0 Å². The first-order chi connectivity index (χ1) is 14.2. The summed E-state index contributed by atoms with van der Waals surface area (Å²) in [5.41, 5.74) is 2.49. The molecule has 1 unspecified atom stereocenters. The number of aryl methyl sites for hydroxylation is 1. The highest BCUT2D eigenvalue weighted by atomic mass is 16.5. The molecule has 1 aliphatic heterocycles. The average Bonchev–Trinajstić information content (AvgIpc) is 2.77. The van der Waals surface area contributed by atoms with Crippen molar-refractivity contribution in [2.45, 2.75) is 38.4 Å². The lowest BCUT2D eigenvalue weighted by molar-refractivity contribution is -0.135. The van der Waals surface area contributed by atoms with Crippen LogP contribution in [0.3, 0.4) is 0 Å². The van der Waals surface area contributed by atoms with Gasteiger partial charge in [0.05, 0.1) is 29.4 Å². The van der Waals surface area contributed by atoms with E-state index in [0.717, 1.165) is 30.6 Å². The second kappa shape index (κ2) is 8.96. The summed E-state index contributed by atoms with van der Waals surface area (Å²) in [4.78, 5) is 38.3. The minimum Gasteiger partial charge on any atom is -0.370 e. The molecule has 1 saturated heterocycles. The number of carbonyl (C=O) groups excluding carboxylic acids is 1. The molecule has 1 fully saturated rings. The van der Waals surface area contributed by atoms with Crippen molar-refractivity contribution in [3.63, 3.8) is 0 Å². The van der Waals surface area contributed by atoms with Crippen LogP contribution in [0.2, 0.25) is 0 Å². The van der Waals surface area contributed by atoms with Crippen LogP contribution in [-0.2, 0) is 22.6 Å². The third-order valence-electron chi connectivity index (χ3n) is 5.17. The van der Waals surface area contributed by atoms with Crippen LogP contribution in [0.1, 0.15) is 30.7 Å². The van der Waals surface area contributed by atoms with Gasteiger partial charge in [0.25, 0.3) is 5.56 Å². The number of carbonyl (C=O) groups is 1. The molecule has 1 amide bonds. The first-order valence-corrected chi connectivity index (χ1v) is 9.96. The van der Waals surface area contributed by atoms with Gasteiger partial charge in [-0.05, 0) is 37.1 Å². The van der Waals surface area contributed by atoms with Crippen molar-refractivity contribution in [2.24, 2.45) is 0 Å². The monoisotopic (exact) mass is 392 g/mol. The number of nitrogens with one attached hydrogen (secondary N) is 1. The topological polar surface area (TPSA) is 88.2 Å². The Morgan fingerprint density at radius 3 is 2.93 bits per heavy atom. The molecule has 1 aliphatic rings. The molecule has 3 heterocycles. The number of pyridine rings is 1. The van der Waals surface area contributed by atoms with Crippen molar-refractivity contribution in [1.29, 1.82) is 0 Å². The number of fused-ring (bicyclic) bond motifs is 1. The quantitative estimate of drug-likeness (QED) is 0.696. The number of nitrogens with zero attached hydrogens (tertiary/aromatic N) is 3. The van der Waals surface area contributed by atoms with E-state index in [2.05, 4.69) is 15.0 Å². The van der Waals surface area contributed by atoms with Crippen molar-refractivity contribution in [2.75, 3.05) is 13.1 Å². The number of aromatic nitrogens is 3. The van der Waals surface area contributed by atoms with Gasteiger partial charge in [0.15, 0.2) is 0 Å².